The Morgan fingerprint density at radius 2 is 2.12 bits per heavy atom. The van der Waals surface area contributed by atoms with E-state index in [2.05, 4.69) is 4.98 Å². The molecule has 1 aromatic heterocycles. The summed E-state index contributed by atoms with van der Waals surface area (Å²) < 4.78 is 12.6. The average molecular weight is 275 g/mol. The fourth-order valence-corrected chi connectivity index (χ4v) is 4.27. The van der Waals surface area contributed by atoms with E-state index in [1.165, 1.54) is 11.8 Å². The van der Waals surface area contributed by atoms with Crippen LogP contribution in [0.2, 0.25) is 0 Å². The van der Waals surface area contributed by atoms with Gasteiger partial charge in [0, 0.05) is 5.75 Å². The Morgan fingerprint density at radius 1 is 1.38 bits per heavy atom. The van der Waals surface area contributed by atoms with Gasteiger partial charge in [-0.1, -0.05) is 23.9 Å². The third-order valence-electron chi connectivity index (χ3n) is 1.88. The first-order valence-corrected chi connectivity index (χ1v) is 8.17. The molecule has 2 aromatic rings. The van der Waals surface area contributed by atoms with Crippen molar-refractivity contribution in [1.29, 1.82) is 0 Å². The van der Waals surface area contributed by atoms with Crippen LogP contribution in [0.25, 0.3) is 10.2 Å². The summed E-state index contributed by atoms with van der Waals surface area (Å²) in [5, 5.41) is 0. The van der Waals surface area contributed by atoms with Crippen molar-refractivity contribution in [3.05, 3.63) is 24.3 Å². The zero-order chi connectivity index (χ0) is 11.6. The van der Waals surface area contributed by atoms with E-state index in [-0.39, 0.29) is 6.16 Å². The van der Waals surface area contributed by atoms with Gasteiger partial charge in [0.25, 0.3) is 0 Å². The van der Waals surface area contributed by atoms with Crippen LogP contribution in [0.1, 0.15) is 0 Å². The maximum atomic E-state index is 10.7. The van der Waals surface area contributed by atoms with Crippen LogP contribution < -0.4 is 0 Å². The molecule has 7 heteroatoms. The van der Waals surface area contributed by atoms with Crippen molar-refractivity contribution >= 4 is 40.9 Å². The van der Waals surface area contributed by atoms with Crippen molar-refractivity contribution in [2.24, 2.45) is 0 Å². The lowest BCUT2D eigenvalue weighted by Crippen LogP contribution is -1.90. The second-order valence-corrected chi connectivity index (χ2v) is 7.33. The first-order chi connectivity index (χ1) is 7.54. The van der Waals surface area contributed by atoms with Crippen molar-refractivity contribution < 1.29 is 14.4 Å². The van der Waals surface area contributed by atoms with Gasteiger partial charge in [0.1, 0.15) is 0 Å². The largest absolute Gasteiger partial charge is 0.326 e. The van der Waals surface area contributed by atoms with E-state index < -0.39 is 7.60 Å². The van der Waals surface area contributed by atoms with Gasteiger partial charge >= 0.3 is 7.60 Å². The summed E-state index contributed by atoms with van der Waals surface area (Å²) >= 11 is 2.93. The van der Waals surface area contributed by atoms with E-state index in [1.54, 1.807) is 11.3 Å². The smallest absolute Gasteiger partial charge is 0.324 e. The van der Waals surface area contributed by atoms with Crippen LogP contribution in [-0.2, 0) is 4.57 Å². The number of thiazole rings is 1. The van der Waals surface area contributed by atoms with Crippen LogP contribution >= 0.6 is 30.7 Å². The number of para-hydroxylation sites is 1. The fraction of sp³-hybridized carbons (Fsp3) is 0.222. The highest BCUT2D eigenvalue weighted by atomic mass is 32.2. The molecular weight excluding hydrogens is 265 g/mol. The molecule has 0 radical (unpaired) electrons. The van der Waals surface area contributed by atoms with E-state index in [1.807, 2.05) is 24.3 Å². The van der Waals surface area contributed by atoms with Crippen LogP contribution in [0, 0.1) is 0 Å². The lowest BCUT2D eigenvalue weighted by molar-refractivity contribution is 0.375. The molecule has 16 heavy (non-hydrogen) atoms. The third kappa shape index (κ3) is 3.30. The van der Waals surface area contributed by atoms with Gasteiger partial charge in [-0.3, -0.25) is 4.57 Å². The van der Waals surface area contributed by atoms with Gasteiger partial charge in [-0.2, -0.15) is 0 Å². The molecule has 0 fully saturated rings. The number of nitrogens with zero attached hydrogens (tertiary/aromatic N) is 1. The summed E-state index contributed by atoms with van der Waals surface area (Å²) in [6, 6.07) is 7.79. The lowest BCUT2D eigenvalue weighted by Gasteiger charge is -2.00. The molecule has 0 unspecified atom stereocenters. The highest BCUT2D eigenvalue weighted by molar-refractivity contribution is 8.01. The number of aromatic nitrogens is 1. The van der Waals surface area contributed by atoms with Crippen LogP contribution in [0.3, 0.4) is 0 Å². The van der Waals surface area contributed by atoms with Crippen molar-refractivity contribution in [3.8, 4) is 0 Å². The minimum absolute atomic E-state index is 0.104. The van der Waals surface area contributed by atoms with Crippen LogP contribution in [-0.4, -0.2) is 26.7 Å². The third-order valence-corrected chi connectivity index (χ3v) is 5.17. The normalized spacial score (nSPS) is 12.1. The Hall–Kier alpha value is -0.390. The molecule has 1 heterocycles. The Labute approximate surface area is 101 Å². The number of rotatable bonds is 4. The number of hydrogen-bond acceptors (Lipinski definition) is 4. The molecule has 2 N–H and O–H groups in total. The molecule has 0 saturated carbocycles. The van der Waals surface area contributed by atoms with E-state index in [9.17, 15) is 4.57 Å². The number of thioether (sulfide) groups is 1. The molecule has 0 atom stereocenters. The molecule has 0 spiro atoms. The van der Waals surface area contributed by atoms with E-state index in [0.717, 1.165) is 14.6 Å². The van der Waals surface area contributed by atoms with Crippen molar-refractivity contribution in [1.82, 2.24) is 4.98 Å². The predicted octanol–water partition coefficient (Wildman–Crippen LogP) is 2.57. The molecule has 2 rings (SSSR count). The van der Waals surface area contributed by atoms with Crippen molar-refractivity contribution in [3.63, 3.8) is 0 Å². The Balaban J connectivity index is 2.02. The molecule has 0 bridgehead atoms. The summed E-state index contributed by atoms with van der Waals surface area (Å²) in [5.74, 6) is 0.393. The quantitative estimate of drug-likeness (QED) is 0.663. The van der Waals surface area contributed by atoms with Gasteiger partial charge in [-0.05, 0) is 12.1 Å². The van der Waals surface area contributed by atoms with Gasteiger partial charge in [0.2, 0.25) is 0 Å². The van der Waals surface area contributed by atoms with Crippen LogP contribution in [0.4, 0.5) is 0 Å². The standard InChI is InChI=1S/C9H10NO3PS2/c11-14(12,13)5-6-15-9-10-7-3-1-2-4-8(7)16-9/h1-4H,5-6H2,(H2,11,12,13). The summed E-state index contributed by atoms with van der Waals surface area (Å²) in [4.78, 5) is 21.8. The highest BCUT2D eigenvalue weighted by Crippen LogP contribution is 2.37. The van der Waals surface area contributed by atoms with Crippen LogP contribution in [0.15, 0.2) is 28.6 Å². The van der Waals surface area contributed by atoms with Gasteiger partial charge in [-0.25, -0.2) is 4.98 Å². The Kier molecular flexibility index (Phi) is 3.66. The zero-order valence-corrected chi connectivity index (χ0v) is 10.8. The molecule has 0 aliphatic rings. The topological polar surface area (TPSA) is 70.4 Å². The monoisotopic (exact) mass is 275 g/mol. The molecule has 0 aliphatic heterocycles. The Morgan fingerprint density at radius 3 is 2.81 bits per heavy atom. The van der Waals surface area contributed by atoms with Crippen molar-refractivity contribution in [2.75, 3.05) is 11.9 Å². The Bertz CT molecular complexity index is 503. The molecule has 1 aromatic carbocycles. The predicted molar refractivity (Wildman–Crippen MR) is 67.3 cm³/mol. The number of benzene rings is 1. The minimum atomic E-state index is -3.88. The first kappa shape index (κ1) is 12.1. The fourth-order valence-electron chi connectivity index (χ4n) is 1.16. The first-order valence-electron chi connectivity index (χ1n) is 4.57. The van der Waals surface area contributed by atoms with E-state index in [0.29, 0.717) is 5.75 Å². The minimum Gasteiger partial charge on any atom is -0.324 e. The van der Waals surface area contributed by atoms with Gasteiger partial charge in [0.05, 0.1) is 16.4 Å². The zero-order valence-electron chi connectivity index (χ0n) is 8.24. The van der Waals surface area contributed by atoms with Gasteiger partial charge in [0.15, 0.2) is 4.34 Å². The molecule has 0 amide bonds. The van der Waals surface area contributed by atoms with E-state index >= 15 is 0 Å². The van der Waals surface area contributed by atoms with Crippen molar-refractivity contribution in [2.45, 2.75) is 4.34 Å². The summed E-state index contributed by atoms with van der Waals surface area (Å²) in [7, 11) is -3.88. The number of hydrogen-bond donors (Lipinski definition) is 2. The second kappa shape index (κ2) is 4.85. The molecule has 4 nitrogen and oxygen atoms in total. The molecule has 0 saturated heterocycles. The highest BCUT2D eigenvalue weighted by Gasteiger charge is 2.13. The lowest BCUT2D eigenvalue weighted by atomic mass is 10.3. The van der Waals surface area contributed by atoms with Crippen LogP contribution in [0.5, 0.6) is 0 Å². The SMILES string of the molecule is O=P(O)(O)CCSc1nc2ccccc2s1. The second-order valence-electron chi connectivity index (χ2n) is 3.18. The molecular formula is C9H10NO3PS2. The molecule has 86 valence electrons. The molecule has 0 aliphatic carbocycles. The van der Waals surface area contributed by atoms with Gasteiger partial charge < -0.3 is 9.79 Å². The van der Waals surface area contributed by atoms with E-state index in [4.69, 9.17) is 9.79 Å². The maximum absolute atomic E-state index is 10.7. The summed E-state index contributed by atoms with van der Waals surface area (Å²) in [5.41, 5.74) is 0.936. The average Bonchev–Trinajstić information content (AvgIpc) is 2.57. The van der Waals surface area contributed by atoms with Gasteiger partial charge in [-0.15, -0.1) is 11.3 Å². The maximum Gasteiger partial charge on any atom is 0.326 e. The summed E-state index contributed by atoms with van der Waals surface area (Å²) in [6.07, 6.45) is -0.104. The number of fused-ring (bicyclic) bond motifs is 1. The summed E-state index contributed by atoms with van der Waals surface area (Å²) in [6.45, 7) is 0.